The summed E-state index contributed by atoms with van der Waals surface area (Å²) in [5.41, 5.74) is 6.51. The van der Waals surface area contributed by atoms with Gasteiger partial charge in [-0.05, 0) is 36.3 Å². The molecular weight excluding hydrogens is 314 g/mol. The summed E-state index contributed by atoms with van der Waals surface area (Å²) in [6.45, 7) is 1.92. The van der Waals surface area contributed by atoms with E-state index in [0.29, 0.717) is 11.4 Å². The number of nitrogens with one attached hydrogen (secondary N) is 2. The van der Waals surface area contributed by atoms with E-state index in [2.05, 4.69) is 20.7 Å². The maximum absolute atomic E-state index is 12.1. The quantitative estimate of drug-likeness (QED) is 0.555. The van der Waals surface area contributed by atoms with Gasteiger partial charge in [0, 0.05) is 13.2 Å². The monoisotopic (exact) mass is 333 g/mol. The van der Waals surface area contributed by atoms with Gasteiger partial charge in [0.05, 0.1) is 11.9 Å². The molecule has 1 amide bonds. The molecule has 0 aliphatic carbocycles. The zero-order chi connectivity index (χ0) is 17.6. The number of amides is 1. The Kier molecular flexibility index (Phi) is 4.89. The highest BCUT2D eigenvalue weighted by molar-refractivity contribution is 5.94. The van der Waals surface area contributed by atoms with Crippen molar-refractivity contribution in [3.63, 3.8) is 0 Å². The highest BCUT2D eigenvalue weighted by Gasteiger charge is 2.11. The van der Waals surface area contributed by atoms with Gasteiger partial charge in [-0.3, -0.25) is 9.89 Å². The van der Waals surface area contributed by atoms with Crippen molar-refractivity contribution < 1.29 is 4.79 Å². The van der Waals surface area contributed by atoms with Crippen LogP contribution >= 0.6 is 0 Å². The van der Waals surface area contributed by atoms with E-state index in [0.717, 1.165) is 16.8 Å². The zero-order valence-electron chi connectivity index (χ0n) is 14.1. The van der Waals surface area contributed by atoms with E-state index >= 15 is 0 Å². The third-order valence-corrected chi connectivity index (χ3v) is 3.66. The van der Waals surface area contributed by atoms with Crippen LogP contribution in [-0.4, -0.2) is 26.9 Å². The lowest BCUT2D eigenvalue weighted by atomic mass is 10.1. The number of aromatic nitrogens is 3. The molecule has 0 saturated heterocycles. The maximum atomic E-state index is 12.1. The molecule has 1 aromatic carbocycles. The molecule has 6 heteroatoms. The first-order valence-corrected chi connectivity index (χ1v) is 7.87. The molecule has 25 heavy (non-hydrogen) atoms. The van der Waals surface area contributed by atoms with Crippen molar-refractivity contribution in [3.05, 3.63) is 71.6 Å². The average Bonchev–Trinajstić information content (AvgIpc) is 3.24. The van der Waals surface area contributed by atoms with Gasteiger partial charge in [-0.2, -0.15) is 10.2 Å². The summed E-state index contributed by atoms with van der Waals surface area (Å²) >= 11 is 0. The molecule has 0 saturated carbocycles. The van der Waals surface area contributed by atoms with Gasteiger partial charge >= 0.3 is 0 Å². The number of benzene rings is 1. The first kappa shape index (κ1) is 16.4. The summed E-state index contributed by atoms with van der Waals surface area (Å²) in [7, 11) is 1.93. The third kappa shape index (κ3) is 4.11. The number of aromatic amines is 1. The van der Waals surface area contributed by atoms with E-state index in [-0.39, 0.29) is 5.91 Å². The number of hydrogen-bond donors (Lipinski definition) is 2. The second-order valence-corrected chi connectivity index (χ2v) is 5.67. The Morgan fingerprint density at radius 2 is 2.04 bits per heavy atom. The molecule has 0 spiro atoms. The van der Waals surface area contributed by atoms with Gasteiger partial charge < -0.3 is 4.57 Å². The number of aryl methyl sites for hydroxylation is 1. The number of carbonyl (C=O) groups is 1. The molecule has 2 aromatic heterocycles. The van der Waals surface area contributed by atoms with Crippen molar-refractivity contribution in [1.29, 1.82) is 0 Å². The minimum atomic E-state index is -0.336. The van der Waals surface area contributed by atoms with Gasteiger partial charge in [0.15, 0.2) is 0 Å². The Balaban J connectivity index is 1.62. The fraction of sp³-hybridized carbons (Fsp3) is 0.105. The normalized spacial score (nSPS) is 11.8. The fourth-order valence-electron chi connectivity index (χ4n) is 2.40. The van der Waals surface area contributed by atoms with Crippen LogP contribution in [-0.2, 0) is 7.05 Å². The number of rotatable bonds is 5. The summed E-state index contributed by atoms with van der Waals surface area (Å²) < 4.78 is 1.94. The van der Waals surface area contributed by atoms with Crippen LogP contribution in [0.25, 0.3) is 17.5 Å². The molecule has 2 N–H and O–H groups in total. The zero-order valence-corrected chi connectivity index (χ0v) is 14.1. The molecule has 0 atom stereocenters. The Hall–Kier alpha value is -3.41. The molecule has 0 bridgehead atoms. The third-order valence-electron chi connectivity index (χ3n) is 3.66. The summed E-state index contributed by atoms with van der Waals surface area (Å²) in [4.78, 5) is 12.1. The van der Waals surface area contributed by atoms with Gasteiger partial charge in [-0.15, -0.1) is 0 Å². The lowest BCUT2D eigenvalue weighted by Gasteiger charge is -1.97. The van der Waals surface area contributed by atoms with Crippen LogP contribution in [0, 0.1) is 0 Å². The van der Waals surface area contributed by atoms with Crippen LogP contribution in [0.15, 0.2) is 65.4 Å². The van der Waals surface area contributed by atoms with Gasteiger partial charge in [0.1, 0.15) is 11.4 Å². The van der Waals surface area contributed by atoms with E-state index in [1.54, 1.807) is 12.3 Å². The molecular formula is C19H19N5O. The second kappa shape index (κ2) is 7.44. The van der Waals surface area contributed by atoms with E-state index < -0.39 is 0 Å². The summed E-state index contributed by atoms with van der Waals surface area (Å²) in [6, 6.07) is 15.5. The number of allylic oxidation sites excluding steroid dienone is 1. The number of hydrogen-bond acceptors (Lipinski definition) is 3. The largest absolute Gasteiger partial charge is 0.349 e. The highest BCUT2D eigenvalue weighted by atomic mass is 16.2. The molecule has 0 unspecified atom stereocenters. The van der Waals surface area contributed by atoms with E-state index in [9.17, 15) is 4.79 Å². The smallest absolute Gasteiger partial charge is 0.289 e. The van der Waals surface area contributed by atoms with Crippen molar-refractivity contribution in [2.24, 2.45) is 12.1 Å². The average molecular weight is 333 g/mol. The van der Waals surface area contributed by atoms with E-state index in [4.69, 9.17) is 0 Å². The second-order valence-electron chi connectivity index (χ2n) is 5.67. The Labute approximate surface area is 145 Å². The summed E-state index contributed by atoms with van der Waals surface area (Å²) in [5.74, 6) is -0.336. The molecule has 126 valence electrons. The van der Waals surface area contributed by atoms with Crippen LogP contribution < -0.4 is 5.43 Å². The Morgan fingerprint density at radius 1 is 1.24 bits per heavy atom. The van der Waals surface area contributed by atoms with Gasteiger partial charge in [0.2, 0.25) is 0 Å². The molecule has 3 rings (SSSR count). The molecule has 0 fully saturated rings. The number of nitrogens with zero attached hydrogens (tertiary/aromatic N) is 3. The van der Waals surface area contributed by atoms with Crippen LogP contribution in [0.5, 0.6) is 0 Å². The van der Waals surface area contributed by atoms with Crippen LogP contribution in [0.3, 0.4) is 0 Å². The number of hydrazone groups is 1. The van der Waals surface area contributed by atoms with E-state index in [1.165, 1.54) is 0 Å². The number of H-pyrrole nitrogens is 1. The summed E-state index contributed by atoms with van der Waals surface area (Å²) in [6.07, 6.45) is 5.52. The maximum Gasteiger partial charge on any atom is 0.289 e. The minimum Gasteiger partial charge on any atom is -0.349 e. The molecule has 6 nitrogen and oxygen atoms in total. The molecule has 2 heterocycles. The first-order chi connectivity index (χ1) is 12.1. The lowest BCUT2D eigenvalue weighted by Crippen LogP contribution is -2.17. The first-order valence-electron chi connectivity index (χ1n) is 7.87. The van der Waals surface area contributed by atoms with Crippen LogP contribution in [0.2, 0.25) is 0 Å². The number of carbonyl (C=O) groups excluding carboxylic acids is 1. The standard InChI is InChI=1S/C19H19N5O/c1-14(11-15-7-4-3-5-8-15)13-20-23-19(25)17-12-16(21-22-17)18-9-6-10-24(18)2/h3-13H,1-2H3,(H,21,22)(H,23,25)/b14-11?,20-13-. The van der Waals surface area contributed by atoms with Crippen molar-refractivity contribution >= 4 is 18.2 Å². The topological polar surface area (TPSA) is 75.1 Å². The van der Waals surface area contributed by atoms with Crippen molar-refractivity contribution in [2.45, 2.75) is 6.92 Å². The molecule has 0 radical (unpaired) electrons. The lowest BCUT2D eigenvalue weighted by molar-refractivity contribution is 0.0950. The summed E-state index contributed by atoms with van der Waals surface area (Å²) in [5, 5.41) is 10.9. The van der Waals surface area contributed by atoms with Crippen molar-refractivity contribution in [3.8, 4) is 11.4 Å². The minimum absolute atomic E-state index is 0.336. The SMILES string of the molecule is CC(=Cc1ccccc1)/C=N\NC(=O)c1cc(-c2cccn2C)n[nH]1. The Morgan fingerprint density at radius 3 is 2.76 bits per heavy atom. The fourth-order valence-corrected chi connectivity index (χ4v) is 2.40. The highest BCUT2D eigenvalue weighted by Crippen LogP contribution is 2.17. The molecule has 3 aromatic rings. The van der Waals surface area contributed by atoms with Gasteiger partial charge in [-0.25, -0.2) is 5.43 Å². The van der Waals surface area contributed by atoms with Gasteiger partial charge in [0.25, 0.3) is 5.91 Å². The molecule has 0 aliphatic heterocycles. The van der Waals surface area contributed by atoms with Crippen LogP contribution in [0.1, 0.15) is 23.0 Å². The molecule has 0 aliphatic rings. The predicted octanol–water partition coefficient (Wildman–Crippen LogP) is 3.23. The predicted molar refractivity (Wildman–Crippen MR) is 99.0 cm³/mol. The van der Waals surface area contributed by atoms with Crippen LogP contribution in [0.4, 0.5) is 0 Å². The van der Waals surface area contributed by atoms with Gasteiger partial charge in [-0.1, -0.05) is 36.4 Å². The van der Waals surface area contributed by atoms with E-state index in [1.807, 2.05) is 73.3 Å². The van der Waals surface area contributed by atoms with Crippen molar-refractivity contribution in [1.82, 2.24) is 20.2 Å². The Bertz CT molecular complexity index is 918. The van der Waals surface area contributed by atoms with Crippen molar-refractivity contribution in [2.75, 3.05) is 0 Å².